The van der Waals surface area contributed by atoms with E-state index in [2.05, 4.69) is 5.32 Å². The van der Waals surface area contributed by atoms with E-state index in [1.807, 2.05) is 32.0 Å². The smallest absolute Gasteiger partial charge is 0.241 e. The van der Waals surface area contributed by atoms with Gasteiger partial charge in [-0.05, 0) is 44.2 Å². The number of rotatable bonds is 9. The van der Waals surface area contributed by atoms with Gasteiger partial charge in [-0.15, -0.1) is 0 Å². The second kappa shape index (κ2) is 9.45. The van der Waals surface area contributed by atoms with Gasteiger partial charge in [-0.3, -0.25) is 9.10 Å². The summed E-state index contributed by atoms with van der Waals surface area (Å²) < 4.78 is 36.2. The fraction of sp³-hybridized carbons (Fsp3) is 0.350. The van der Waals surface area contributed by atoms with Crippen molar-refractivity contribution in [3.8, 4) is 11.5 Å². The third-order valence-electron chi connectivity index (χ3n) is 4.11. The minimum atomic E-state index is -3.64. The Balaban J connectivity index is 2.15. The summed E-state index contributed by atoms with van der Waals surface area (Å²) in [5, 5.41) is 2.83. The number of carbonyl (C=O) groups excluding carboxylic acids is 1. The Hall–Kier alpha value is -2.74. The number of carbonyl (C=O) groups is 1. The molecule has 28 heavy (non-hydrogen) atoms. The fourth-order valence-electron chi connectivity index (χ4n) is 2.79. The van der Waals surface area contributed by atoms with Gasteiger partial charge in [0.15, 0.2) is 0 Å². The molecule has 0 spiro atoms. The van der Waals surface area contributed by atoms with E-state index in [1.54, 1.807) is 37.4 Å². The number of nitrogens with one attached hydrogen (secondary N) is 1. The highest BCUT2D eigenvalue weighted by atomic mass is 32.2. The van der Waals surface area contributed by atoms with Crippen LogP contribution in [0.15, 0.2) is 48.5 Å². The molecule has 0 aliphatic heterocycles. The Morgan fingerprint density at radius 1 is 1.14 bits per heavy atom. The number of methoxy groups -OCH3 is 1. The minimum absolute atomic E-state index is 0.327. The highest BCUT2D eigenvalue weighted by molar-refractivity contribution is 7.92. The van der Waals surface area contributed by atoms with E-state index >= 15 is 0 Å². The number of hydrogen-bond acceptors (Lipinski definition) is 5. The molecule has 1 atom stereocenters. The second-order valence-electron chi connectivity index (χ2n) is 6.23. The Bertz CT molecular complexity index is 897. The van der Waals surface area contributed by atoms with Gasteiger partial charge in [0.05, 0.1) is 31.7 Å². The van der Waals surface area contributed by atoms with Crippen molar-refractivity contribution in [2.24, 2.45) is 0 Å². The van der Waals surface area contributed by atoms with Crippen LogP contribution in [0.1, 0.15) is 25.5 Å². The van der Waals surface area contributed by atoms with Gasteiger partial charge in [-0.25, -0.2) is 8.42 Å². The molecule has 0 aromatic heterocycles. The predicted octanol–water partition coefficient (Wildman–Crippen LogP) is 2.74. The molecule has 0 aliphatic carbocycles. The summed E-state index contributed by atoms with van der Waals surface area (Å²) in [4.78, 5) is 12.5. The van der Waals surface area contributed by atoms with Crippen molar-refractivity contribution in [1.82, 2.24) is 5.32 Å². The minimum Gasteiger partial charge on any atom is -0.496 e. The molecule has 0 aliphatic rings. The molecule has 0 saturated heterocycles. The second-order valence-corrected chi connectivity index (χ2v) is 8.13. The highest BCUT2D eigenvalue weighted by Gasteiger charge is 2.22. The van der Waals surface area contributed by atoms with Gasteiger partial charge in [0, 0.05) is 5.56 Å². The van der Waals surface area contributed by atoms with Crippen LogP contribution < -0.4 is 19.1 Å². The van der Waals surface area contributed by atoms with Gasteiger partial charge in [0.2, 0.25) is 15.9 Å². The number of para-hydroxylation sites is 1. The molecule has 2 rings (SSSR count). The summed E-state index contributed by atoms with van der Waals surface area (Å²) in [5.41, 5.74) is 1.20. The number of sulfonamides is 1. The molecule has 1 N–H and O–H groups in total. The number of hydrogen-bond donors (Lipinski definition) is 1. The molecule has 152 valence electrons. The average Bonchev–Trinajstić information content (AvgIpc) is 2.66. The van der Waals surface area contributed by atoms with Crippen LogP contribution in [0.2, 0.25) is 0 Å². The van der Waals surface area contributed by atoms with E-state index in [0.29, 0.717) is 23.8 Å². The molecule has 1 unspecified atom stereocenters. The third-order valence-corrected chi connectivity index (χ3v) is 5.25. The van der Waals surface area contributed by atoms with Crippen molar-refractivity contribution < 1.29 is 22.7 Å². The fourth-order valence-corrected chi connectivity index (χ4v) is 3.65. The van der Waals surface area contributed by atoms with Crippen molar-refractivity contribution in [2.45, 2.75) is 19.9 Å². The number of ether oxygens (including phenoxy) is 2. The SMILES string of the molecule is CCOc1ccc(N(CC(=O)NC(C)c2ccccc2OC)S(C)(=O)=O)cc1. The lowest BCUT2D eigenvalue weighted by molar-refractivity contribution is -0.120. The Morgan fingerprint density at radius 3 is 2.36 bits per heavy atom. The maximum Gasteiger partial charge on any atom is 0.241 e. The standard InChI is InChI=1S/C20H26N2O5S/c1-5-27-17-12-10-16(11-13-17)22(28(4,24)25)14-20(23)21-15(2)18-8-6-7-9-19(18)26-3/h6-13,15H,5,14H2,1-4H3,(H,21,23). The molecule has 8 heteroatoms. The van der Waals surface area contributed by atoms with E-state index in [-0.39, 0.29) is 12.6 Å². The summed E-state index contributed by atoms with van der Waals surface area (Å²) in [6.45, 7) is 3.87. The molecule has 0 heterocycles. The number of amides is 1. The first-order valence-corrected chi connectivity index (χ1v) is 10.7. The normalized spacial score (nSPS) is 12.1. The van der Waals surface area contributed by atoms with Crippen molar-refractivity contribution in [3.63, 3.8) is 0 Å². The molecule has 0 fully saturated rings. The largest absolute Gasteiger partial charge is 0.496 e. The monoisotopic (exact) mass is 406 g/mol. The van der Waals surface area contributed by atoms with Crippen molar-refractivity contribution in [1.29, 1.82) is 0 Å². The van der Waals surface area contributed by atoms with Crippen LogP contribution in [0.25, 0.3) is 0 Å². The Kier molecular flexibility index (Phi) is 7.28. The van der Waals surface area contributed by atoms with Crippen LogP contribution in [0.3, 0.4) is 0 Å². The summed E-state index contributed by atoms with van der Waals surface area (Å²) in [5.74, 6) is 0.869. The maximum absolute atomic E-state index is 12.5. The molecule has 7 nitrogen and oxygen atoms in total. The van der Waals surface area contributed by atoms with Gasteiger partial charge < -0.3 is 14.8 Å². The number of nitrogens with zero attached hydrogens (tertiary/aromatic N) is 1. The first-order valence-electron chi connectivity index (χ1n) is 8.89. The number of anilines is 1. The van der Waals surface area contributed by atoms with Crippen molar-refractivity contribution in [2.75, 3.05) is 30.8 Å². The molecule has 2 aromatic rings. The van der Waals surface area contributed by atoms with E-state index in [1.165, 1.54) is 0 Å². The molecule has 0 radical (unpaired) electrons. The zero-order valence-corrected chi connectivity index (χ0v) is 17.3. The lowest BCUT2D eigenvalue weighted by atomic mass is 10.1. The van der Waals surface area contributed by atoms with Gasteiger partial charge in [0.1, 0.15) is 18.0 Å². The molecular formula is C20H26N2O5S. The maximum atomic E-state index is 12.5. The van der Waals surface area contributed by atoms with Gasteiger partial charge in [0.25, 0.3) is 0 Å². The van der Waals surface area contributed by atoms with Gasteiger partial charge in [-0.2, -0.15) is 0 Å². The van der Waals surface area contributed by atoms with Gasteiger partial charge in [-0.1, -0.05) is 18.2 Å². The zero-order chi connectivity index (χ0) is 20.7. The summed E-state index contributed by atoms with van der Waals surface area (Å²) in [6.07, 6.45) is 1.07. The van der Waals surface area contributed by atoms with Crippen LogP contribution in [-0.4, -0.2) is 40.8 Å². The average molecular weight is 407 g/mol. The molecule has 0 bridgehead atoms. The van der Waals surface area contributed by atoms with Crippen LogP contribution in [0.5, 0.6) is 11.5 Å². The van der Waals surface area contributed by atoms with Crippen molar-refractivity contribution >= 4 is 21.6 Å². The van der Waals surface area contributed by atoms with Crippen LogP contribution in [0, 0.1) is 0 Å². The molecule has 2 aromatic carbocycles. The lowest BCUT2D eigenvalue weighted by Crippen LogP contribution is -2.41. The quantitative estimate of drug-likeness (QED) is 0.692. The van der Waals surface area contributed by atoms with Crippen LogP contribution in [-0.2, 0) is 14.8 Å². The first-order chi connectivity index (χ1) is 13.3. The van der Waals surface area contributed by atoms with Crippen LogP contribution in [0.4, 0.5) is 5.69 Å². The highest BCUT2D eigenvalue weighted by Crippen LogP contribution is 2.25. The predicted molar refractivity (Wildman–Crippen MR) is 109 cm³/mol. The number of benzene rings is 2. The Labute approximate surface area is 166 Å². The lowest BCUT2D eigenvalue weighted by Gasteiger charge is -2.24. The topological polar surface area (TPSA) is 84.9 Å². The zero-order valence-electron chi connectivity index (χ0n) is 16.5. The first kappa shape index (κ1) is 21.6. The summed E-state index contributed by atoms with van der Waals surface area (Å²) in [7, 11) is -2.08. The van der Waals surface area contributed by atoms with Gasteiger partial charge >= 0.3 is 0 Å². The molecule has 0 saturated carbocycles. The van der Waals surface area contributed by atoms with E-state index in [4.69, 9.17) is 9.47 Å². The van der Waals surface area contributed by atoms with Crippen LogP contribution >= 0.6 is 0 Å². The Morgan fingerprint density at radius 2 is 1.79 bits per heavy atom. The molecule has 1 amide bonds. The van der Waals surface area contributed by atoms with E-state index < -0.39 is 15.9 Å². The summed E-state index contributed by atoms with van der Waals surface area (Å²) in [6, 6.07) is 13.6. The van der Waals surface area contributed by atoms with E-state index in [9.17, 15) is 13.2 Å². The molecular weight excluding hydrogens is 380 g/mol. The van der Waals surface area contributed by atoms with Crippen molar-refractivity contribution in [3.05, 3.63) is 54.1 Å². The third kappa shape index (κ3) is 5.63. The summed E-state index contributed by atoms with van der Waals surface area (Å²) >= 11 is 0. The van der Waals surface area contributed by atoms with E-state index in [0.717, 1.165) is 16.1 Å².